The Hall–Kier alpha value is -1.57. The van der Waals surface area contributed by atoms with Crippen molar-refractivity contribution in [1.82, 2.24) is 4.98 Å². The lowest BCUT2D eigenvalue weighted by Crippen LogP contribution is -1.81. The second kappa shape index (κ2) is 3.29. The van der Waals surface area contributed by atoms with E-state index in [0.717, 1.165) is 22.9 Å². The molecule has 0 amide bonds. The molecule has 0 bridgehead atoms. The summed E-state index contributed by atoms with van der Waals surface area (Å²) in [5, 5.41) is 0. The predicted molar refractivity (Wildman–Crippen MR) is 56.2 cm³/mol. The van der Waals surface area contributed by atoms with E-state index in [1.807, 2.05) is 13.8 Å². The van der Waals surface area contributed by atoms with Crippen LogP contribution in [0.3, 0.4) is 0 Å². The van der Waals surface area contributed by atoms with Crippen molar-refractivity contribution >= 4 is 0 Å². The smallest absolute Gasteiger partial charge is 0.191 e. The van der Waals surface area contributed by atoms with E-state index in [-0.39, 0.29) is 0 Å². The van der Waals surface area contributed by atoms with E-state index in [2.05, 4.69) is 36.2 Å². The summed E-state index contributed by atoms with van der Waals surface area (Å²) in [6, 6.07) is 8.30. The van der Waals surface area contributed by atoms with Crippen molar-refractivity contribution in [2.45, 2.75) is 20.8 Å². The monoisotopic (exact) mass is 187 g/mol. The molecule has 0 spiro atoms. The summed E-state index contributed by atoms with van der Waals surface area (Å²) in [5.74, 6) is 1.60. The number of aryl methyl sites for hydroxylation is 3. The van der Waals surface area contributed by atoms with Crippen molar-refractivity contribution in [3.05, 3.63) is 41.5 Å². The van der Waals surface area contributed by atoms with Crippen LogP contribution >= 0.6 is 0 Å². The van der Waals surface area contributed by atoms with Gasteiger partial charge in [0.1, 0.15) is 11.5 Å². The highest BCUT2D eigenvalue weighted by Crippen LogP contribution is 2.23. The van der Waals surface area contributed by atoms with Gasteiger partial charge in [-0.1, -0.05) is 29.8 Å². The second-order valence-corrected chi connectivity index (χ2v) is 3.50. The van der Waals surface area contributed by atoms with Crippen LogP contribution in [0.15, 0.2) is 28.7 Å². The molecule has 0 aliphatic carbocycles. The number of benzene rings is 1. The lowest BCUT2D eigenvalue weighted by molar-refractivity contribution is 0.495. The molecule has 2 heteroatoms. The van der Waals surface area contributed by atoms with E-state index in [1.54, 1.807) is 0 Å². The average molecular weight is 187 g/mol. The Morgan fingerprint density at radius 2 is 1.64 bits per heavy atom. The maximum atomic E-state index is 5.39. The minimum absolute atomic E-state index is 0.720. The molecule has 0 aliphatic rings. The van der Waals surface area contributed by atoms with Gasteiger partial charge in [0.2, 0.25) is 0 Å². The van der Waals surface area contributed by atoms with Crippen LogP contribution in [0.25, 0.3) is 11.3 Å². The van der Waals surface area contributed by atoms with Gasteiger partial charge in [0.05, 0.1) is 0 Å². The van der Waals surface area contributed by atoms with Crippen molar-refractivity contribution in [1.29, 1.82) is 0 Å². The number of hydrogen-bond donors (Lipinski definition) is 0. The first-order chi connectivity index (χ1) is 6.66. The van der Waals surface area contributed by atoms with Gasteiger partial charge in [0.25, 0.3) is 0 Å². The fraction of sp³-hybridized carbons (Fsp3) is 0.250. The van der Waals surface area contributed by atoms with Crippen molar-refractivity contribution in [3.8, 4) is 11.3 Å². The van der Waals surface area contributed by atoms with Gasteiger partial charge >= 0.3 is 0 Å². The van der Waals surface area contributed by atoms with Gasteiger partial charge in [0, 0.05) is 12.5 Å². The fourth-order valence-electron chi connectivity index (χ4n) is 1.51. The van der Waals surface area contributed by atoms with E-state index in [0.29, 0.717) is 0 Å². The van der Waals surface area contributed by atoms with Gasteiger partial charge in [-0.05, 0) is 13.8 Å². The molecular weight excluding hydrogens is 174 g/mol. The molecule has 2 nitrogen and oxygen atoms in total. The molecule has 0 fully saturated rings. The second-order valence-electron chi connectivity index (χ2n) is 3.50. The quantitative estimate of drug-likeness (QED) is 0.684. The van der Waals surface area contributed by atoms with Crippen LogP contribution in [0.1, 0.15) is 17.2 Å². The minimum atomic E-state index is 0.720. The molecule has 0 aliphatic heterocycles. The predicted octanol–water partition coefficient (Wildman–Crippen LogP) is 3.27. The van der Waals surface area contributed by atoms with Crippen LogP contribution in [0.4, 0.5) is 0 Å². The Morgan fingerprint density at radius 3 is 2.14 bits per heavy atom. The Balaban J connectivity index is 2.49. The normalized spacial score (nSPS) is 10.5. The van der Waals surface area contributed by atoms with E-state index in [4.69, 9.17) is 4.42 Å². The van der Waals surface area contributed by atoms with Gasteiger partial charge in [0.15, 0.2) is 5.89 Å². The highest BCUT2D eigenvalue weighted by molar-refractivity contribution is 5.61. The first kappa shape index (κ1) is 9.00. The molecule has 0 N–H and O–H groups in total. The van der Waals surface area contributed by atoms with Crippen LogP contribution < -0.4 is 0 Å². The maximum Gasteiger partial charge on any atom is 0.191 e. The highest BCUT2D eigenvalue weighted by atomic mass is 16.4. The van der Waals surface area contributed by atoms with Crippen LogP contribution in [0.2, 0.25) is 0 Å². The van der Waals surface area contributed by atoms with Gasteiger partial charge in [-0.15, -0.1) is 0 Å². The SMILES string of the molecule is Cc1ccc(-c2nc(C)oc2C)cc1. The van der Waals surface area contributed by atoms with Crippen LogP contribution in [-0.4, -0.2) is 4.98 Å². The molecule has 72 valence electrons. The Labute approximate surface area is 83.6 Å². The van der Waals surface area contributed by atoms with Gasteiger partial charge in [-0.2, -0.15) is 0 Å². The first-order valence-electron chi connectivity index (χ1n) is 4.68. The molecule has 0 atom stereocenters. The standard InChI is InChI=1S/C12H13NO/c1-8-4-6-11(7-5-8)12-9(2)14-10(3)13-12/h4-7H,1-3H3. The summed E-state index contributed by atoms with van der Waals surface area (Å²) >= 11 is 0. The zero-order valence-electron chi connectivity index (χ0n) is 8.66. The van der Waals surface area contributed by atoms with E-state index < -0.39 is 0 Å². The van der Waals surface area contributed by atoms with Crippen molar-refractivity contribution in [3.63, 3.8) is 0 Å². The topological polar surface area (TPSA) is 26.0 Å². The zero-order valence-corrected chi connectivity index (χ0v) is 8.66. The van der Waals surface area contributed by atoms with Crippen LogP contribution in [0, 0.1) is 20.8 Å². The number of aromatic nitrogens is 1. The number of hydrogen-bond acceptors (Lipinski definition) is 2. The van der Waals surface area contributed by atoms with Crippen molar-refractivity contribution < 1.29 is 4.42 Å². The summed E-state index contributed by atoms with van der Waals surface area (Å²) in [6.07, 6.45) is 0. The van der Waals surface area contributed by atoms with Crippen LogP contribution in [0.5, 0.6) is 0 Å². The third kappa shape index (κ3) is 1.55. The molecule has 0 saturated heterocycles. The number of oxazole rings is 1. The molecule has 0 saturated carbocycles. The summed E-state index contributed by atoms with van der Waals surface area (Å²) in [7, 11) is 0. The lowest BCUT2D eigenvalue weighted by atomic mass is 10.1. The summed E-state index contributed by atoms with van der Waals surface area (Å²) in [6.45, 7) is 5.88. The molecule has 1 aromatic heterocycles. The number of rotatable bonds is 1. The lowest BCUT2D eigenvalue weighted by Gasteiger charge is -1.97. The van der Waals surface area contributed by atoms with E-state index in [9.17, 15) is 0 Å². The Kier molecular flexibility index (Phi) is 2.12. The summed E-state index contributed by atoms with van der Waals surface area (Å²) < 4.78 is 5.39. The van der Waals surface area contributed by atoms with Gasteiger partial charge < -0.3 is 4.42 Å². The van der Waals surface area contributed by atoms with Crippen molar-refractivity contribution in [2.24, 2.45) is 0 Å². The molecule has 1 heterocycles. The van der Waals surface area contributed by atoms with Crippen molar-refractivity contribution in [2.75, 3.05) is 0 Å². The molecular formula is C12H13NO. The molecule has 2 aromatic rings. The van der Waals surface area contributed by atoms with Gasteiger partial charge in [-0.3, -0.25) is 0 Å². The van der Waals surface area contributed by atoms with Gasteiger partial charge in [-0.25, -0.2) is 4.98 Å². The average Bonchev–Trinajstić information content (AvgIpc) is 2.47. The molecule has 1 aromatic carbocycles. The Bertz CT molecular complexity index is 440. The third-order valence-electron chi connectivity index (χ3n) is 2.23. The minimum Gasteiger partial charge on any atom is -0.446 e. The van der Waals surface area contributed by atoms with Crippen LogP contribution in [-0.2, 0) is 0 Å². The summed E-state index contributed by atoms with van der Waals surface area (Å²) in [4.78, 5) is 4.34. The highest BCUT2D eigenvalue weighted by Gasteiger charge is 2.07. The molecule has 14 heavy (non-hydrogen) atoms. The Morgan fingerprint density at radius 1 is 1.00 bits per heavy atom. The zero-order chi connectivity index (χ0) is 10.1. The largest absolute Gasteiger partial charge is 0.446 e. The fourth-order valence-corrected chi connectivity index (χ4v) is 1.51. The van der Waals surface area contributed by atoms with E-state index in [1.165, 1.54) is 5.56 Å². The molecule has 2 rings (SSSR count). The first-order valence-corrected chi connectivity index (χ1v) is 4.68. The third-order valence-corrected chi connectivity index (χ3v) is 2.23. The number of nitrogens with zero attached hydrogens (tertiary/aromatic N) is 1. The summed E-state index contributed by atoms with van der Waals surface area (Å²) in [5.41, 5.74) is 3.32. The molecule has 0 unspecified atom stereocenters. The molecule has 0 radical (unpaired) electrons. The maximum absolute atomic E-state index is 5.39. The van der Waals surface area contributed by atoms with E-state index >= 15 is 0 Å².